The second-order valence-electron chi connectivity index (χ2n) is 7.29. The second kappa shape index (κ2) is 7.19. The van der Waals surface area contributed by atoms with E-state index in [-0.39, 0.29) is 17.8 Å². The van der Waals surface area contributed by atoms with Crippen LogP contribution in [0.2, 0.25) is 0 Å². The monoisotopic (exact) mass is 357 g/mol. The van der Waals surface area contributed by atoms with E-state index >= 15 is 0 Å². The van der Waals surface area contributed by atoms with Gasteiger partial charge in [0.1, 0.15) is 11.9 Å². The molecule has 1 saturated carbocycles. The molecule has 4 rings (SSSR count). The third-order valence-electron chi connectivity index (χ3n) is 5.76. The van der Waals surface area contributed by atoms with Crippen molar-refractivity contribution in [1.29, 1.82) is 0 Å². The van der Waals surface area contributed by atoms with E-state index in [0.717, 1.165) is 18.5 Å². The average molecular weight is 357 g/mol. The minimum Gasteiger partial charge on any atom is -0.468 e. The summed E-state index contributed by atoms with van der Waals surface area (Å²) in [6, 6.07) is 8.55. The molecule has 1 aromatic heterocycles. The van der Waals surface area contributed by atoms with Crippen molar-refractivity contribution < 1.29 is 13.9 Å². The predicted molar refractivity (Wildman–Crippen MR) is 95.2 cm³/mol. The van der Waals surface area contributed by atoms with Crippen LogP contribution >= 0.6 is 0 Å². The van der Waals surface area contributed by atoms with Gasteiger partial charge in [-0.1, -0.05) is 18.9 Å². The van der Waals surface area contributed by atoms with Crippen LogP contribution in [0, 0.1) is 11.7 Å². The van der Waals surface area contributed by atoms with Crippen LogP contribution in [0.4, 0.5) is 4.39 Å². The van der Waals surface area contributed by atoms with Crippen molar-refractivity contribution in [2.24, 2.45) is 5.92 Å². The molecule has 0 N–H and O–H groups in total. The standard InChI is InChI=1S/C20H24FN3O2/c1-26-20(25)19-11-14-5-2-3-8-18(14)23(19)13-16-9-10-24(22-16)17-7-4-6-15(21)12-17/h4,6-7,9-10,12,14,18-19H,2-3,5,8,11,13H2,1H3/t14-,18-,19+/m1/s1. The zero-order valence-corrected chi connectivity index (χ0v) is 15.0. The zero-order chi connectivity index (χ0) is 18.1. The highest BCUT2D eigenvalue weighted by molar-refractivity contribution is 5.76. The van der Waals surface area contributed by atoms with Gasteiger partial charge in [0.25, 0.3) is 0 Å². The number of rotatable bonds is 4. The Morgan fingerprint density at radius 2 is 2.15 bits per heavy atom. The lowest BCUT2D eigenvalue weighted by Gasteiger charge is -2.32. The number of carbonyl (C=O) groups is 1. The van der Waals surface area contributed by atoms with Crippen LogP contribution in [0.1, 0.15) is 37.8 Å². The number of halogens is 1. The Labute approximate surface area is 152 Å². The molecule has 6 heteroatoms. The molecule has 0 amide bonds. The van der Waals surface area contributed by atoms with Gasteiger partial charge in [0.15, 0.2) is 0 Å². The molecule has 0 spiro atoms. The Morgan fingerprint density at radius 1 is 1.31 bits per heavy atom. The molecule has 5 nitrogen and oxygen atoms in total. The maximum absolute atomic E-state index is 13.5. The summed E-state index contributed by atoms with van der Waals surface area (Å²) in [6.07, 6.45) is 7.49. The van der Waals surface area contributed by atoms with Gasteiger partial charge in [0, 0.05) is 18.8 Å². The van der Waals surface area contributed by atoms with Crippen molar-refractivity contribution in [2.45, 2.75) is 50.7 Å². The summed E-state index contributed by atoms with van der Waals surface area (Å²) in [7, 11) is 1.46. The summed E-state index contributed by atoms with van der Waals surface area (Å²) in [5.41, 5.74) is 1.58. The van der Waals surface area contributed by atoms with Crippen molar-refractivity contribution in [3.63, 3.8) is 0 Å². The first-order valence-electron chi connectivity index (χ1n) is 9.30. The number of nitrogens with zero attached hydrogens (tertiary/aromatic N) is 3. The Balaban J connectivity index is 1.55. The van der Waals surface area contributed by atoms with Gasteiger partial charge in [-0.3, -0.25) is 9.69 Å². The number of hydrogen-bond donors (Lipinski definition) is 0. The first-order chi connectivity index (χ1) is 12.7. The molecule has 1 saturated heterocycles. The quantitative estimate of drug-likeness (QED) is 0.788. The summed E-state index contributed by atoms with van der Waals surface area (Å²) < 4.78 is 20.2. The summed E-state index contributed by atoms with van der Waals surface area (Å²) in [5, 5.41) is 4.60. The highest BCUT2D eigenvalue weighted by Crippen LogP contribution is 2.40. The SMILES string of the molecule is COC(=O)[C@@H]1C[C@H]2CCCC[C@H]2N1Cc1ccn(-c2cccc(F)c2)n1. The molecule has 2 aromatic rings. The van der Waals surface area contributed by atoms with Crippen molar-refractivity contribution in [2.75, 3.05) is 7.11 Å². The van der Waals surface area contributed by atoms with Crippen LogP contribution < -0.4 is 0 Å². The lowest BCUT2D eigenvalue weighted by atomic mass is 9.85. The minimum atomic E-state index is -0.283. The fourth-order valence-electron chi connectivity index (χ4n) is 4.54. The molecule has 2 aliphatic rings. The number of likely N-dealkylation sites (tertiary alicyclic amines) is 1. The topological polar surface area (TPSA) is 47.4 Å². The number of carbonyl (C=O) groups excluding carboxylic acids is 1. The molecule has 3 atom stereocenters. The summed E-state index contributed by atoms with van der Waals surface area (Å²) in [4.78, 5) is 14.6. The smallest absolute Gasteiger partial charge is 0.323 e. The molecule has 2 heterocycles. The van der Waals surface area contributed by atoms with Crippen LogP contribution in [0.5, 0.6) is 0 Å². The summed E-state index contributed by atoms with van der Waals surface area (Å²) in [6.45, 7) is 0.614. The molecule has 1 aliphatic heterocycles. The average Bonchev–Trinajstić information content (AvgIpc) is 3.27. The van der Waals surface area contributed by atoms with Gasteiger partial charge in [0.2, 0.25) is 0 Å². The van der Waals surface area contributed by atoms with E-state index in [1.165, 1.54) is 38.5 Å². The van der Waals surface area contributed by atoms with Gasteiger partial charge in [-0.2, -0.15) is 5.10 Å². The molecule has 0 unspecified atom stereocenters. The number of fused-ring (bicyclic) bond motifs is 1. The normalized spacial score (nSPS) is 25.8. The highest BCUT2D eigenvalue weighted by Gasteiger charge is 2.45. The van der Waals surface area contributed by atoms with E-state index < -0.39 is 0 Å². The van der Waals surface area contributed by atoms with E-state index in [2.05, 4.69) is 10.00 Å². The molecular formula is C20H24FN3O2. The number of ether oxygens (including phenoxy) is 1. The Morgan fingerprint density at radius 3 is 2.96 bits per heavy atom. The fraction of sp³-hybridized carbons (Fsp3) is 0.500. The highest BCUT2D eigenvalue weighted by atomic mass is 19.1. The number of methoxy groups -OCH3 is 1. The minimum absolute atomic E-state index is 0.149. The van der Waals surface area contributed by atoms with Gasteiger partial charge in [-0.15, -0.1) is 0 Å². The van der Waals surface area contributed by atoms with Gasteiger partial charge < -0.3 is 4.74 Å². The summed E-state index contributed by atoms with van der Waals surface area (Å²) in [5.74, 6) is 0.136. The van der Waals surface area contributed by atoms with Crippen molar-refractivity contribution in [3.05, 3.63) is 48.0 Å². The van der Waals surface area contributed by atoms with Gasteiger partial charge in [-0.25, -0.2) is 9.07 Å². The van der Waals surface area contributed by atoms with Gasteiger partial charge >= 0.3 is 5.97 Å². The fourth-order valence-corrected chi connectivity index (χ4v) is 4.54. The van der Waals surface area contributed by atoms with Crippen LogP contribution in [0.3, 0.4) is 0 Å². The zero-order valence-electron chi connectivity index (χ0n) is 15.0. The third kappa shape index (κ3) is 3.26. The summed E-state index contributed by atoms with van der Waals surface area (Å²) >= 11 is 0. The maximum atomic E-state index is 13.5. The molecule has 26 heavy (non-hydrogen) atoms. The van der Waals surface area contributed by atoms with Crippen LogP contribution in [-0.4, -0.2) is 39.8 Å². The van der Waals surface area contributed by atoms with E-state index in [1.807, 2.05) is 18.3 Å². The Bertz CT molecular complexity index is 791. The number of hydrogen-bond acceptors (Lipinski definition) is 4. The van der Waals surface area contributed by atoms with E-state index in [0.29, 0.717) is 24.2 Å². The molecule has 1 aliphatic carbocycles. The van der Waals surface area contributed by atoms with Crippen LogP contribution in [-0.2, 0) is 16.1 Å². The van der Waals surface area contributed by atoms with Crippen LogP contribution in [0.15, 0.2) is 36.5 Å². The molecule has 138 valence electrons. The number of aromatic nitrogens is 2. The molecule has 0 bridgehead atoms. The van der Waals surface area contributed by atoms with Gasteiger partial charge in [0.05, 0.1) is 18.5 Å². The number of benzene rings is 1. The first-order valence-corrected chi connectivity index (χ1v) is 9.30. The lowest BCUT2D eigenvalue weighted by Crippen LogP contribution is -2.42. The molecule has 2 fully saturated rings. The second-order valence-corrected chi connectivity index (χ2v) is 7.29. The van der Waals surface area contributed by atoms with Crippen LogP contribution in [0.25, 0.3) is 5.69 Å². The number of esters is 1. The van der Waals surface area contributed by atoms with Crippen molar-refractivity contribution >= 4 is 5.97 Å². The first kappa shape index (κ1) is 17.2. The van der Waals surface area contributed by atoms with Crippen molar-refractivity contribution in [3.8, 4) is 5.69 Å². The lowest BCUT2D eigenvalue weighted by molar-refractivity contribution is -0.146. The molecule has 0 radical (unpaired) electrons. The largest absolute Gasteiger partial charge is 0.468 e. The Hall–Kier alpha value is -2.21. The van der Waals surface area contributed by atoms with E-state index in [9.17, 15) is 9.18 Å². The maximum Gasteiger partial charge on any atom is 0.323 e. The van der Waals surface area contributed by atoms with Crippen molar-refractivity contribution in [1.82, 2.24) is 14.7 Å². The molecular weight excluding hydrogens is 333 g/mol. The third-order valence-corrected chi connectivity index (χ3v) is 5.76. The Kier molecular flexibility index (Phi) is 4.76. The molecule has 1 aromatic carbocycles. The van der Waals surface area contributed by atoms with E-state index in [4.69, 9.17) is 4.74 Å². The van der Waals surface area contributed by atoms with Gasteiger partial charge in [-0.05, 0) is 49.4 Å². The van der Waals surface area contributed by atoms with E-state index in [1.54, 1.807) is 10.7 Å². The predicted octanol–water partition coefficient (Wildman–Crippen LogP) is 3.32.